The van der Waals surface area contributed by atoms with Gasteiger partial charge in [-0.1, -0.05) is 19.1 Å². The Hall–Kier alpha value is -1.89. The number of nitrogens with zero attached hydrogens (tertiary/aromatic N) is 2. The maximum atomic E-state index is 12.2. The summed E-state index contributed by atoms with van der Waals surface area (Å²) in [6, 6.07) is 7.37. The van der Waals surface area contributed by atoms with Crippen LogP contribution in [-0.2, 0) is 26.9 Å². The number of hydrogen-bond acceptors (Lipinski definition) is 4. The minimum Gasteiger partial charge on any atom is -0.354 e. The summed E-state index contributed by atoms with van der Waals surface area (Å²) < 4.78 is 24.9. The van der Waals surface area contributed by atoms with Crippen molar-refractivity contribution in [3.63, 3.8) is 0 Å². The van der Waals surface area contributed by atoms with Gasteiger partial charge in [0, 0.05) is 12.8 Å². The van der Waals surface area contributed by atoms with Crippen LogP contribution in [0.25, 0.3) is 11.0 Å². The zero-order valence-corrected chi connectivity index (χ0v) is 14.1. The van der Waals surface area contributed by atoms with Crippen molar-refractivity contribution in [3.8, 4) is 0 Å². The van der Waals surface area contributed by atoms with E-state index in [1.54, 1.807) is 4.57 Å². The van der Waals surface area contributed by atoms with E-state index in [0.717, 1.165) is 11.9 Å². The highest BCUT2D eigenvalue weighted by Gasteiger charge is 2.32. The zero-order valence-electron chi connectivity index (χ0n) is 13.3. The average Bonchev–Trinajstić information content (AvgIpc) is 3.07. The van der Waals surface area contributed by atoms with E-state index in [1.165, 1.54) is 6.26 Å². The van der Waals surface area contributed by atoms with Gasteiger partial charge in [-0.05, 0) is 30.4 Å². The number of para-hydroxylation sites is 2. The summed E-state index contributed by atoms with van der Waals surface area (Å²) in [6.07, 6.45) is 2.33. The van der Waals surface area contributed by atoms with Gasteiger partial charge >= 0.3 is 0 Å². The van der Waals surface area contributed by atoms with Crippen LogP contribution in [0.2, 0.25) is 0 Å². The number of aromatic nitrogens is 2. The van der Waals surface area contributed by atoms with E-state index in [2.05, 4.69) is 17.2 Å². The molecule has 23 heavy (non-hydrogen) atoms. The molecule has 1 N–H and O–H groups in total. The largest absolute Gasteiger partial charge is 0.354 e. The van der Waals surface area contributed by atoms with Crippen molar-refractivity contribution in [1.29, 1.82) is 0 Å². The zero-order chi connectivity index (χ0) is 16.6. The fourth-order valence-corrected chi connectivity index (χ4v) is 3.46. The van der Waals surface area contributed by atoms with Crippen molar-refractivity contribution in [3.05, 3.63) is 30.1 Å². The van der Waals surface area contributed by atoms with E-state index < -0.39 is 9.84 Å². The van der Waals surface area contributed by atoms with Gasteiger partial charge < -0.3 is 9.88 Å². The first kappa shape index (κ1) is 16.0. The van der Waals surface area contributed by atoms with Crippen molar-refractivity contribution in [2.24, 2.45) is 11.8 Å². The third kappa shape index (κ3) is 3.90. The number of carbonyl (C=O) groups is 1. The van der Waals surface area contributed by atoms with Crippen LogP contribution >= 0.6 is 0 Å². The predicted octanol–water partition coefficient (Wildman–Crippen LogP) is 1.35. The first-order chi connectivity index (χ1) is 10.8. The molecule has 7 heteroatoms. The van der Waals surface area contributed by atoms with Crippen LogP contribution in [-0.4, -0.2) is 36.7 Å². The second-order valence-electron chi connectivity index (χ2n) is 6.45. The Morgan fingerprint density at radius 1 is 1.39 bits per heavy atom. The van der Waals surface area contributed by atoms with Crippen molar-refractivity contribution in [2.45, 2.75) is 25.6 Å². The third-order valence-electron chi connectivity index (χ3n) is 4.26. The lowest BCUT2D eigenvalue weighted by atomic mass is 10.3. The number of sulfone groups is 1. The first-order valence-corrected chi connectivity index (χ1v) is 9.78. The lowest BCUT2D eigenvalue weighted by Gasteiger charge is -2.09. The number of fused-ring (bicyclic) bond motifs is 1. The van der Waals surface area contributed by atoms with E-state index in [-0.39, 0.29) is 18.2 Å². The maximum Gasteiger partial charge on any atom is 0.240 e. The van der Waals surface area contributed by atoms with Crippen LogP contribution in [0.3, 0.4) is 0 Å². The molecule has 0 aliphatic heterocycles. The fraction of sp³-hybridized carbons (Fsp3) is 0.500. The molecule has 124 valence electrons. The molecule has 1 fully saturated rings. The van der Waals surface area contributed by atoms with E-state index in [9.17, 15) is 13.2 Å². The molecule has 6 nitrogen and oxygen atoms in total. The van der Waals surface area contributed by atoms with E-state index >= 15 is 0 Å². The normalized spacial score (nSPS) is 20.6. The summed E-state index contributed by atoms with van der Waals surface area (Å²) in [5.74, 6) is 1.39. The summed E-state index contributed by atoms with van der Waals surface area (Å²) in [7, 11) is -3.22. The average molecular weight is 335 g/mol. The van der Waals surface area contributed by atoms with Gasteiger partial charge in [-0.2, -0.15) is 0 Å². The molecule has 1 saturated carbocycles. The Morgan fingerprint density at radius 2 is 2.09 bits per heavy atom. The smallest absolute Gasteiger partial charge is 0.240 e. The second-order valence-corrected chi connectivity index (χ2v) is 8.59. The molecule has 0 bridgehead atoms. The third-order valence-corrected chi connectivity index (χ3v) is 5.05. The fourth-order valence-electron chi connectivity index (χ4n) is 2.77. The number of imidazole rings is 1. The lowest BCUT2D eigenvalue weighted by molar-refractivity contribution is -0.121. The predicted molar refractivity (Wildman–Crippen MR) is 88.6 cm³/mol. The first-order valence-electron chi connectivity index (χ1n) is 7.72. The van der Waals surface area contributed by atoms with Crippen LogP contribution in [0.1, 0.15) is 19.2 Å². The van der Waals surface area contributed by atoms with Crippen LogP contribution in [0.4, 0.5) is 0 Å². The minimum atomic E-state index is -3.22. The lowest BCUT2D eigenvalue weighted by Crippen LogP contribution is -2.30. The molecule has 1 aliphatic rings. The Bertz CT molecular complexity index is 841. The summed E-state index contributed by atoms with van der Waals surface area (Å²) in [5.41, 5.74) is 1.48. The molecule has 0 unspecified atom stereocenters. The molecular weight excluding hydrogens is 314 g/mol. The molecular formula is C16H21N3O3S. The standard InChI is InChI=1S/C16H21N3O3S/c1-11-7-12(11)8-17-16(20)9-19-14-6-4-3-5-13(14)18-15(19)10-23(2,21)22/h3-6,11-12H,7-10H2,1-2H3,(H,17,20)/t11-,12-/m1/s1. The number of carbonyl (C=O) groups excluding carboxylic acids is 1. The summed E-state index contributed by atoms with van der Waals surface area (Å²) in [6.45, 7) is 2.95. The monoisotopic (exact) mass is 335 g/mol. The SMILES string of the molecule is C[C@@H]1C[C@@H]1CNC(=O)Cn1c(CS(C)(=O)=O)nc2ccccc21. The summed E-state index contributed by atoms with van der Waals surface area (Å²) in [4.78, 5) is 16.6. The highest BCUT2D eigenvalue weighted by Crippen LogP contribution is 2.36. The van der Waals surface area contributed by atoms with Crippen LogP contribution in [0.5, 0.6) is 0 Å². The Morgan fingerprint density at radius 3 is 2.74 bits per heavy atom. The molecule has 1 aromatic carbocycles. The maximum absolute atomic E-state index is 12.2. The van der Waals surface area contributed by atoms with Gasteiger partial charge in [0.25, 0.3) is 0 Å². The highest BCUT2D eigenvalue weighted by atomic mass is 32.2. The quantitative estimate of drug-likeness (QED) is 0.864. The van der Waals surface area contributed by atoms with E-state index in [4.69, 9.17) is 0 Å². The van der Waals surface area contributed by atoms with E-state index in [1.807, 2.05) is 24.3 Å². The van der Waals surface area contributed by atoms with E-state index in [0.29, 0.717) is 29.7 Å². The molecule has 1 amide bonds. The van der Waals surface area contributed by atoms with Gasteiger partial charge in [0.05, 0.1) is 11.0 Å². The molecule has 0 saturated heterocycles. The number of benzene rings is 1. The van der Waals surface area contributed by atoms with Crippen LogP contribution < -0.4 is 5.32 Å². The number of amides is 1. The van der Waals surface area contributed by atoms with Crippen LogP contribution in [0, 0.1) is 11.8 Å². The van der Waals surface area contributed by atoms with Gasteiger partial charge in [-0.3, -0.25) is 4.79 Å². The molecule has 2 atom stereocenters. The van der Waals surface area contributed by atoms with Gasteiger partial charge in [-0.15, -0.1) is 0 Å². The minimum absolute atomic E-state index is 0.0897. The molecule has 1 heterocycles. The van der Waals surface area contributed by atoms with Gasteiger partial charge in [-0.25, -0.2) is 13.4 Å². The van der Waals surface area contributed by atoms with Crippen molar-refractivity contribution in [2.75, 3.05) is 12.8 Å². The molecule has 3 rings (SSSR count). The Labute approximate surface area is 135 Å². The van der Waals surface area contributed by atoms with Crippen molar-refractivity contribution < 1.29 is 13.2 Å². The summed E-state index contributed by atoms with van der Waals surface area (Å²) in [5, 5.41) is 2.93. The highest BCUT2D eigenvalue weighted by molar-refractivity contribution is 7.89. The Kier molecular flexibility index (Phi) is 4.14. The van der Waals surface area contributed by atoms with Crippen molar-refractivity contribution >= 4 is 26.8 Å². The number of hydrogen-bond donors (Lipinski definition) is 1. The van der Waals surface area contributed by atoms with Gasteiger partial charge in [0.15, 0.2) is 9.84 Å². The molecule has 0 spiro atoms. The van der Waals surface area contributed by atoms with Crippen molar-refractivity contribution in [1.82, 2.24) is 14.9 Å². The molecule has 2 aromatic rings. The molecule has 0 radical (unpaired) electrons. The number of nitrogens with one attached hydrogen (secondary N) is 1. The Balaban J connectivity index is 1.82. The summed E-state index contributed by atoms with van der Waals surface area (Å²) >= 11 is 0. The van der Waals surface area contributed by atoms with Gasteiger partial charge in [0.1, 0.15) is 18.1 Å². The van der Waals surface area contributed by atoms with Crippen LogP contribution in [0.15, 0.2) is 24.3 Å². The molecule has 1 aliphatic carbocycles. The topological polar surface area (TPSA) is 81.1 Å². The molecule has 1 aromatic heterocycles. The number of rotatable bonds is 6. The second kappa shape index (κ2) is 5.96. The van der Waals surface area contributed by atoms with Gasteiger partial charge in [0.2, 0.25) is 5.91 Å².